The molecule has 1 atom stereocenters. The number of hydrogen-bond donors (Lipinski definition) is 1. The van der Waals surface area contributed by atoms with Crippen LogP contribution in [0.15, 0.2) is 0 Å². The van der Waals surface area contributed by atoms with E-state index in [-0.39, 0.29) is 0 Å². The molecule has 0 saturated heterocycles. The fourth-order valence-corrected chi connectivity index (χ4v) is 3.00. The molecule has 2 saturated carbocycles. The molecule has 0 amide bonds. The van der Waals surface area contributed by atoms with Crippen LogP contribution >= 0.6 is 0 Å². The van der Waals surface area contributed by atoms with Gasteiger partial charge in [0.15, 0.2) is 0 Å². The normalized spacial score (nSPS) is 35.2. The summed E-state index contributed by atoms with van der Waals surface area (Å²) in [4.78, 5) is 0. The molecule has 0 aromatic heterocycles. The van der Waals surface area contributed by atoms with Crippen LogP contribution in [-0.2, 0) is 0 Å². The highest BCUT2D eigenvalue weighted by Gasteiger charge is 2.45. The lowest BCUT2D eigenvalue weighted by molar-refractivity contribution is 0.0276. The first-order valence-corrected chi connectivity index (χ1v) is 5.05. The minimum Gasteiger partial charge on any atom is -0.316 e. The van der Waals surface area contributed by atoms with Gasteiger partial charge in [-0.25, -0.2) is 0 Å². The van der Waals surface area contributed by atoms with Crippen LogP contribution in [0.25, 0.3) is 0 Å². The van der Waals surface area contributed by atoms with Gasteiger partial charge in [-0.1, -0.05) is 19.3 Å². The van der Waals surface area contributed by atoms with Crippen LogP contribution in [0.5, 0.6) is 0 Å². The third kappa shape index (κ3) is 1.10. The van der Waals surface area contributed by atoms with Crippen molar-refractivity contribution in [3.05, 3.63) is 0 Å². The molecule has 1 heteroatoms. The Kier molecular flexibility index (Phi) is 1.92. The van der Waals surface area contributed by atoms with Crippen LogP contribution in [0, 0.1) is 5.41 Å². The van der Waals surface area contributed by atoms with E-state index in [1.807, 2.05) is 0 Å². The van der Waals surface area contributed by atoms with Gasteiger partial charge in [0.2, 0.25) is 0 Å². The molecule has 0 heterocycles. The Hall–Kier alpha value is -0.0400. The van der Waals surface area contributed by atoms with Crippen molar-refractivity contribution in [2.75, 3.05) is 7.05 Å². The molecule has 1 spiro atoms. The van der Waals surface area contributed by atoms with Gasteiger partial charge >= 0.3 is 0 Å². The first-order valence-electron chi connectivity index (χ1n) is 5.05. The van der Waals surface area contributed by atoms with Gasteiger partial charge < -0.3 is 5.32 Å². The largest absolute Gasteiger partial charge is 0.316 e. The van der Waals surface area contributed by atoms with Gasteiger partial charge in [0.1, 0.15) is 0 Å². The second kappa shape index (κ2) is 2.78. The third-order valence-electron chi connectivity index (χ3n) is 3.87. The number of nitrogens with one attached hydrogen (secondary N) is 1. The van der Waals surface area contributed by atoms with Gasteiger partial charge in [-0.3, -0.25) is 0 Å². The van der Waals surface area contributed by atoms with E-state index in [2.05, 4.69) is 12.4 Å². The van der Waals surface area contributed by atoms with Crippen molar-refractivity contribution in [3.63, 3.8) is 0 Å². The summed E-state index contributed by atoms with van der Waals surface area (Å²) in [6.07, 6.45) is 10.4. The Morgan fingerprint density at radius 1 is 1.09 bits per heavy atom. The number of rotatable bonds is 1. The van der Waals surface area contributed by atoms with Gasteiger partial charge in [-0.2, -0.15) is 0 Å². The van der Waals surface area contributed by atoms with Gasteiger partial charge in [0, 0.05) is 6.04 Å². The molecule has 0 aromatic rings. The van der Waals surface area contributed by atoms with E-state index in [1.54, 1.807) is 0 Å². The molecule has 64 valence electrons. The summed E-state index contributed by atoms with van der Waals surface area (Å²) in [6.45, 7) is 0. The summed E-state index contributed by atoms with van der Waals surface area (Å²) in [5, 5.41) is 3.46. The summed E-state index contributed by atoms with van der Waals surface area (Å²) in [5.74, 6) is 0. The molecule has 1 unspecified atom stereocenters. The van der Waals surface area contributed by atoms with E-state index < -0.39 is 0 Å². The van der Waals surface area contributed by atoms with Gasteiger partial charge in [0.25, 0.3) is 0 Å². The predicted molar refractivity (Wildman–Crippen MR) is 47.6 cm³/mol. The molecular weight excluding hydrogens is 134 g/mol. The van der Waals surface area contributed by atoms with Crippen LogP contribution < -0.4 is 5.32 Å². The average Bonchev–Trinajstić information content (AvgIpc) is 2.05. The Labute approximate surface area is 69.6 Å². The highest BCUT2D eigenvalue weighted by Crippen LogP contribution is 2.51. The standard InChI is InChI=1S/C10H19N/c1-11-9-5-8-10(9)6-3-2-4-7-10/h9,11H,2-8H2,1H3. The lowest BCUT2D eigenvalue weighted by atomic mass is 9.57. The van der Waals surface area contributed by atoms with E-state index in [4.69, 9.17) is 0 Å². The Morgan fingerprint density at radius 3 is 2.27 bits per heavy atom. The molecule has 0 aliphatic heterocycles. The van der Waals surface area contributed by atoms with E-state index in [9.17, 15) is 0 Å². The van der Waals surface area contributed by atoms with Crippen molar-refractivity contribution in [3.8, 4) is 0 Å². The molecule has 1 nitrogen and oxygen atoms in total. The maximum atomic E-state index is 3.46. The van der Waals surface area contributed by atoms with E-state index >= 15 is 0 Å². The highest BCUT2D eigenvalue weighted by molar-refractivity contribution is 5.00. The SMILES string of the molecule is CNC1CCC12CCCCC2. The molecule has 1 N–H and O–H groups in total. The minimum atomic E-state index is 0.757. The molecule has 2 aliphatic carbocycles. The summed E-state index contributed by atoms with van der Waals surface area (Å²) in [5.41, 5.74) is 0.757. The maximum Gasteiger partial charge on any atom is 0.0121 e. The van der Waals surface area contributed by atoms with Gasteiger partial charge in [-0.15, -0.1) is 0 Å². The van der Waals surface area contributed by atoms with E-state index in [0.29, 0.717) is 0 Å². The summed E-state index contributed by atoms with van der Waals surface area (Å²) in [7, 11) is 2.13. The lowest BCUT2D eigenvalue weighted by Gasteiger charge is -2.52. The van der Waals surface area contributed by atoms with Crippen molar-refractivity contribution in [2.24, 2.45) is 5.41 Å². The zero-order valence-corrected chi connectivity index (χ0v) is 7.53. The Balaban J connectivity index is 1.97. The monoisotopic (exact) mass is 153 g/mol. The fraction of sp³-hybridized carbons (Fsp3) is 1.00. The smallest absolute Gasteiger partial charge is 0.0121 e. The van der Waals surface area contributed by atoms with Gasteiger partial charge in [-0.05, 0) is 38.1 Å². The van der Waals surface area contributed by atoms with Crippen LogP contribution in [0.4, 0.5) is 0 Å². The van der Waals surface area contributed by atoms with E-state index in [0.717, 1.165) is 11.5 Å². The molecular formula is C10H19N. The van der Waals surface area contributed by atoms with Crippen molar-refractivity contribution < 1.29 is 0 Å². The first kappa shape index (κ1) is 7.60. The summed E-state index contributed by atoms with van der Waals surface area (Å²) >= 11 is 0. The van der Waals surface area contributed by atoms with Crippen LogP contribution in [-0.4, -0.2) is 13.1 Å². The van der Waals surface area contributed by atoms with Crippen LogP contribution in [0.2, 0.25) is 0 Å². The molecule has 2 rings (SSSR count). The Bertz CT molecular complexity index is 134. The zero-order valence-electron chi connectivity index (χ0n) is 7.53. The second-order valence-electron chi connectivity index (χ2n) is 4.30. The van der Waals surface area contributed by atoms with E-state index in [1.165, 1.54) is 44.9 Å². The molecule has 0 aromatic carbocycles. The van der Waals surface area contributed by atoms with Crippen LogP contribution in [0.3, 0.4) is 0 Å². The Morgan fingerprint density at radius 2 is 1.82 bits per heavy atom. The van der Waals surface area contributed by atoms with Crippen molar-refractivity contribution in [2.45, 2.75) is 51.0 Å². The quantitative estimate of drug-likeness (QED) is 0.609. The molecule has 0 bridgehead atoms. The number of hydrogen-bond acceptors (Lipinski definition) is 1. The molecule has 0 radical (unpaired) electrons. The predicted octanol–water partition coefficient (Wildman–Crippen LogP) is 2.32. The molecule has 2 aliphatic rings. The lowest BCUT2D eigenvalue weighted by Crippen LogP contribution is -2.53. The molecule has 11 heavy (non-hydrogen) atoms. The average molecular weight is 153 g/mol. The maximum absolute atomic E-state index is 3.46. The van der Waals surface area contributed by atoms with Crippen molar-refractivity contribution >= 4 is 0 Å². The first-order chi connectivity index (χ1) is 5.37. The van der Waals surface area contributed by atoms with Gasteiger partial charge in [0.05, 0.1) is 0 Å². The van der Waals surface area contributed by atoms with Crippen molar-refractivity contribution in [1.29, 1.82) is 0 Å². The summed E-state index contributed by atoms with van der Waals surface area (Å²) in [6, 6.07) is 0.864. The van der Waals surface area contributed by atoms with Crippen molar-refractivity contribution in [1.82, 2.24) is 5.32 Å². The van der Waals surface area contributed by atoms with Crippen LogP contribution in [0.1, 0.15) is 44.9 Å². The third-order valence-corrected chi connectivity index (χ3v) is 3.87. The second-order valence-corrected chi connectivity index (χ2v) is 4.30. The fourth-order valence-electron chi connectivity index (χ4n) is 3.00. The minimum absolute atomic E-state index is 0.757. The zero-order chi connectivity index (χ0) is 7.73. The summed E-state index contributed by atoms with van der Waals surface area (Å²) < 4.78 is 0. The molecule has 2 fully saturated rings. The highest BCUT2D eigenvalue weighted by atomic mass is 14.9. The topological polar surface area (TPSA) is 12.0 Å².